The molecule has 1 heterocycles. The molecule has 0 aliphatic heterocycles. The number of aromatic hydroxyl groups is 2. The average Bonchev–Trinajstić information content (AvgIpc) is 3.03. The zero-order chi connectivity index (χ0) is 16.9. The zero-order valence-electron chi connectivity index (χ0n) is 12.3. The summed E-state index contributed by atoms with van der Waals surface area (Å²) in [6.07, 6.45) is 0. The largest absolute Gasteiger partial charge is 0.508 e. The Hall–Kier alpha value is -3.00. The molecule has 1 amide bonds. The maximum absolute atomic E-state index is 11.9. The molecule has 3 aromatic rings. The highest BCUT2D eigenvalue weighted by Crippen LogP contribution is 2.24. The van der Waals surface area contributed by atoms with Crippen LogP contribution in [0, 0.1) is 0 Å². The Morgan fingerprint density at radius 2 is 1.88 bits per heavy atom. The molecule has 0 aliphatic carbocycles. The molecule has 0 aliphatic rings. The normalized spacial score (nSPS) is 10.5. The van der Waals surface area contributed by atoms with Gasteiger partial charge in [-0.15, -0.1) is 10.2 Å². The molecular formula is C16H13N3O4S. The second-order valence-electron chi connectivity index (χ2n) is 4.81. The zero-order valence-corrected chi connectivity index (χ0v) is 13.2. The lowest BCUT2D eigenvalue weighted by atomic mass is 10.2. The minimum atomic E-state index is -0.255. The fourth-order valence-corrected chi connectivity index (χ4v) is 2.46. The first kappa shape index (κ1) is 15.9. The summed E-state index contributed by atoms with van der Waals surface area (Å²) in [4.78, 5) is 11.9. The maximum Gasteiger partial charge on any atom is 0.277 e. The molecule has 0 radical (unpaired) electrons. The Bertz CT molecular complexity index is 849. The predicted octanol–water partition coefficient (Wildman–Crippen LogP) is 2.88. The van der Waals surface area contributed by atoms with Gasteiger partial charge in [-0.3, -0.25) is 4.79 Å². The van der Waals surface area contributed by atoms with Crippen molar-refractivity contribution >= 4 is 23.4 Å². The van der Waals surface area contributed by atoms with E-state index in [4.69, 9.17) is 4.42 Å². The summed E-state index contributed by atoms with van der Waals surface area (Å²) in [6, 6.07) is 12.7. The summed E-state index contributed by atoms with van der Waals surface area (Å²) in [6.45, 7) is 0. The summed E-state index contributed by atoms with van der Waals surface area (Å²) in [5.41, 5.74) is 1.19. The van der Waals surface area contributed by atoms with Crippen LogP contribution >= 0.6 is 11.8 Å². The predicted molar refractivity (Wildman–Crippen MR) is 88.9 cm³/mol. The van der Waals surface area contributed by atoms with Crippen molar-refractivity contribution in [1.82, 2.24) is 10.2 Å². The van der Waals surface area contributed by atoms with Gasteiger partial charge < -0.3 is 19.9 Å². The fourth-order valence-electron chi connectivity index (χ4n) is 1.90. The van der Waals surface area contributed by atoms with Crippen molar-refractivity contribution in [3.05, 3.63) is 48.5 Å². The molecule has 0 fully saturated rings. The van der Waals surface area contributed by atoms with E-state index in [1.807, 2.05) is 0 Å². The second-order valence-corrected chi connectivity index (χ2v) is 5.73. The molecule has 24 heavy (non-hydrogen) atoms. The summed E-state index contributed by atoms with van der Waals surface area (Å²) >= 11 is 1.11. The van der Waals surface area contributed by atoms with Gasteiger partial charge in [-0.1, -0.05) is 17.8 Å². The molecule has 0 saturated heterocycles. The Kier molecular flexibility index (Phi) is 4.66. The molecule has 0 unspecified atom stereocenters. The highest BCUT2D eigenvalue weighted by atomic mass is 32.2. The lowest BCUT2D eigenvalue weighted by Gasteiger charge is -2.03. The van der Waals surface area contributed by atoms with Crippen molar-refractivity contribution in [3.8, 4) is 23.0 Å². The van der Waals surface area contributed by atoms with E-state index >= 15 is 0 Å². The van der Waals surface area contributed by atoms with Crippen LogP contribution in [0.15, 0.2) is 58.2 Å². The Morgan fingerprint density at radius 3 is 2.62 bits per heavy atom. The molecule has 2 aromatic carbocycles. The Morgan fingerprint density at radius 1 is 1.08 bits per heavy atom. The summed E-state index contributed by atoms with van der Waals surface area (Å²) in [5.74, 6) is 0.376. The molecule has 122 valence electrons. The number of carbonyl (C=O) groups excluding carboxylic acids is 1. The summed E-state index contributed by atoms with van der Waals surface area (Å²) in [7, 11) is 0. The van der Waals surface area contributed by atoms with E-state index in [0.717, 1.165) is 11.8 Å². The van der Waals surface area contributed by atoms with Gasteiger partial charge in [0.05, 0.1) is 5.75 Å². The van der Waals surface area contributed by atoms with Crippen LogP contribution in [0.5, 0.6) is 11.5 Å². The van der Waals surface area contributed by atoms with Crippen molar-refractivity contribution in [1.29, 1.82) is 0 Å². The number of aromatic nitrogens is 2. The minimum Gasteiger partial charge on any atom is -0.508 e. The topological polar surface area (TPSA) is 108 Å². The van der Waals surface area contributed by atoms with E-state index in [1.165, 1.54) is 24.3 Å². The van der Waals surface area contributed by atoms with Crippen molar-refractivity contribution in [2.24, 2.45) is 0 Å². The van der Waals surface area contributed by atoms with E-state index in [0.29, 0.717) is 17.1 Å². The lowest BCUT2D eigenvalue weighted by molar-refractivity contribution is -0.113. The van der Waals surface area contributed by atoms with Gasteiger partial charge in [-0.2, -0.15) is 0 Å². The van der Waals surface area contributed by atoms with Gasteiger partial charge in [-0.25, -0.2) is 0 Å². The maximum atomic E-state index is 11.9. The SMILES string of the molecule is O=C(CSc1nnc(-c2ccc(O)cc2)o1)Nc1cccc(O)c1. The highest BCUT2D eigenvalue weighted by molar-refractivity contribution is 7.99. The third kappa shape index (κ3) is 4.05. The van der Waals surface area contributed by atoms with E-state index in [2.05, 4.69) is 15.5 Å². The number of phenolic OH excluding ortho intramolecular Hbond substituents is 2. The number of thioether (sulfide) groups is 1. The molecule has 0 bridgehead atoms. The number of nitrogens with zero attached hydrogens (tertiary/aromatic N) is 2. The van der Waals surface area contributed by atoms with Crippen molar-refractivity contribution in [2.75, 3.05) is 11.1 Å². The molecule has 3 rings (SSSR count). The standard InChI is InChI=1S/C16H13N3O4S/c20-12-6-4-10(5-7-12)15-18-19-16(23-15)24-9-14(22)17-11-2-1-3-13(21)8-11/h1-8,20-21H,9H2,(H,17,22). The third-order valence-electron chi connectivity index (χ3n) is 2.98. The molecule has 1 aromatic heterocycles. The Labute approximate surface area is 141 Å². The average molecular weight is 343 g/mol. The van der Waals surface area contributed by atoms with Gasteiger partial charge in [0.1, 0.15) is 11.5 Å². The van der Waals surface area contributed by atoms with E-state index < -0.39 is 0 Å². The van der Waals surface area contributed by atoms with Crippen LogP contribution in [0.25, 0.3) is 11.5 Å². The van der Waals surface area contributed by atoms with Gasteiger partial charge in [0.2, 0.25) is 11.8 Å². The van der Waals surface area contributed by atoms with Crippen LogP contribution in [0.1, 0.15) is 0 Å². The van der Waals surface area contributed by atoms with Crippen molar-refractivity contribution in [2.45, 2.75) is 5.22 Å². The quantitative estimate of drug-likeness (QED) is 0.611. The fraction of sp³-hybridized carbons (Fsp3) is 0.0625. The van der Waals surface area contributed by atoms with Crippen LogP contribution in [-0.4, -0.2) is 32.1 Å². The monoisotopic (exact) mass is 343 g/mol. The van der Waals surface area contributed by atoms with Crippen molar-refractivity contribution in [3.63, 3.8) is 0 Å². The number of rotatable bonds is 5. The minimum absolute atomic E-state index is 0.0795. The number of nitrogens with one attached hydrogen (secondary N) is 1. The lowest BCUT2D eigenvalue weighted by Crippen LogP contribution is -2.13. The van der Waals surface area contributed by atoms with Gasteiger partial charge in [0, 0.05) is 17.3 Å². The summed E-state index contributed by atoms with van der Waals surface area (Å²) < 4.78 is 5.47. The molecule has 0 spiro atoms. The number of amides is 1. The molecule has 3 N–H and O–H groups in total. The van der Waals surface area contributed by atoms with Gasteiger partial charge in [-0.05, 0) is 36.4 Å². The summed E-state index contributed by atoms with van der Waals surface area (Å²) in [5, 5.41) is 29.3. The number of anilines is 1. The molecule has 7 nitrogen and oxygen atoms in total. The third-order valence-corrected chi connectivity index (χ3v) is 3.80. The van der Waals surface area contributed by atoms with Gasteiger partial charge in [0.15, 0.2) is 0 Å². The van der Waals surface area contributed by atoms with E-state index in [1.54, 1.807) is 24.3 Å². The van der Waals surface area contributed by atoms with Crippen molar-refractivity contribution < 1.29 is 19.4 Å². The number of benzene rings is 2. The second kappa shape index (κ2) is 7.05. The van der Waals surface area contributed by atoms with Gasteiger partial charge >= 0.3 is 0 Å². The first-order valence-corrected chi connectivity index (χ1v) is 7.93. The van der Waals surface area contributed by atoms with E-state index in [-0.39, 0.29) is 28.4 Å². The van der Waals surface area contributed by atoms with Crippen LogP contribution in [0.3, 0.4) is 0 Å². The number of phenols is 2. The van der Waals surface area contributed by atoms with Crippen LogP contribution in [0.4, 0.5) is 5.69 Å². The number of hydrogen-bond acceptors (Lipinski definition) is 7. The smallest absolute Gasteiger partial charge is 0.277 e. The molecule has 8 heteroatoms. The number of carbonyl (C=O) groups is 1. The van der Waals surface area contributed by atoms with E-state index in [9.17, 15) is 15.0 Å². The van der Waals surface area contributed by atoms with Crippen LogP contribution in [-0.2, 0) is 4.79 Å². The first-order valence-electron chi connectivity index (χ1n) is 6.95. The first-order chi connectivity index (χ1) is 11.6. The molecule has 0 atom stereocenters. The van der Waals surface area contributed by atoms with Crippen LogP contribution in [0.2, 0.25) is 0 Å². The van der Waals surface area contributed by atoms with Gasteiger partial charge in [0.25, 0.3) is 5.22 Å². The Balaban J connectivity index is 1.57. The highest BCUT2D eigenvalue weighted by Gasteiger charge is 2.11. The van der Waals surface area contributed by atoms with Crippen LogP contribution < -0.4 is 5.32 Å². The molecule has 0 saturated carbocycles. The molecular weight excluding hydrogens is 330 g/mol. The number of hydrogen-bond donors (Lipinski definition) is 3.